The molecule has 5 nitrogen and oxygen atoms in total. The Kier molecular flexibility index (Phi) is 3.99. The highest BCUT2D eigenvalue weighted by Crippen LogP contribution is 2.46. The van der Waals surface area contributed by atoms with Crippen molar-refractivity contribution in [2.24, 2.45) is 22.2 Å². The molecule has 0 heterocycles. The van der Waals surface area contributed by atoms with Gasteiger partial charge in [0.15, 0.2) is 5.84 Å². The molecule has 1 aromatic rings. The molecule has 0 aliphatic heterocycles. The van der Waals surface area contributed by atoms with Crippen molar-refractivity contribution in [2.45, 2.75) is 19.8 Å². The smallest absolute Gasteiger partial charge is 0.238 e. The number of rotatable bonds is 3. The van der Waals surface area contributed by atoms with E-state index in [1.54, 1.807) is 6.07 Å². The van der Waals surface area contributed by atoms with Crippen LogP contribution in [0.1, 0.15) is 19.8 Å². The van der Waals surface area contributed by atoms with Crippen LogP contribution in [-0.4, -0.2) is 17.0 Å². The Bertz CT molecular complexity index is 550. The quantitative estimate of drug-likeness (QED) is 0.341. The Morgan fingerprint density at radius 1 is 1.60 bits per heavy atom. The maximum absolute atomic E-state index is 13.7. The van der Waals surface area contributed by atoms with Crippen molar-refractivity contribution in [2.75, 3.05) is 5.32 Å². The number of benzene rings is 1. The van der Waals surface area contributed by atoms with Gasteiger partial charge in [0.1, 0.15) is 11.2 Å². The fourth-order valence-electron chi connectivity index (χ4n) is 2.59. The number of carbonyl (C=O) groups excluding carboxylic acids is 1. The summed E-state index contributed by atoms with van der Waals surface area (Å²) >= 11 is 3.18. The van der Waals surface area contributed by atoms with Gasteiger partial charge in [-0.25, -0.2) is 4.39 Å². The van der Waals surface area contributed by atoms with E-state index in [1.807, 2.05) is 6.92 Å². The first-order valence-electron chi connectivity index (χ1n) is 6.14. The van der Waals surface area contributed by atoms with Gasteiger partial charge in [0.25, 0.3) is 0 Å². The summed E-state index contributed by atoms with van der Waals surface area (Å²) in [7, 11) is 0. The molecular weight excluding hydrogens is 329 g/mol. The van der Waals surface area contributed by atoms with Gasteiger partial charge in [-0.1, -0.05) is 18.1 Å². The van der Waals surface area contributed by atoms with E-state index in [9.17, 15) is 9.18 Å². The van der Waals surface area contributed by atoms with E-state index >= 15 is 0 Å². The van der Waals surface area contributed by atoms with Gasteiger partial charge >= 0.3 is 0 Å². The highest BCUT2D eigenvalue weighted by Gasteiger charge is 2.52. The van der Waals surface area contributed by atoms with Gasteiger partial charge < -0.3 is 16.3 Å². The number of hydrogen-bond donors (Lipinski definition) is 3. The van der Waals surface area contributed by atoms with Crippen molar-refractivity contribution in [1.82, 2.24) is 0 Å². The van der Waals surface area contributed by atoms with Crippen LogP contribution < -0.4 is 11.1 Å². The second-order valence-electron chi connectivity index (χ2n) is 5.13. The van der Waals surface area contributed by atoms with Gasteiger partial charge in [-0.15, -0.1) is 0 Å². The van der Waals surface area contributed by atoms with Gasteiger partial charge in [-0.05, 0) is 46.8 Å². The molecule has 20 heavy (non-hydrogen) atoms. The number of nitrogens with one attached hydrogen (secondary N) is 1. The Labute approximate surface area is 124 Å². The molecule has 1 saturated carbocycles. The molecular formula is C13H15BrFN3O2. The van der Waals surface area contributed by atoms with Crippen LogP contribution in [0.25, 0.3) is 0 Å². The zero-order valence-corrected chi connectivity index (χ0v) is 12.4. The van der Waals surface area contributed by atoms with Crippen LogP contribution in [0, 0.1) is 17.2 Å². The van der Waals surface area contributed by atoms with Gasteiger partial charge in [0.05, 0.1) is 5.69 Å². The van der Waals surface area contributed by atoms with Crippen LogP contribution in [0.2, 0.25) is 0 Å². The van der Waals surface area contributed by atoms with E-state index < -0.39 is 17.1 Å². The highest BCUT2D eigenvalue weighted by atomic mass is 79.9. The van der Waals surface area contributed by atoms with E-state index in [-0.39, 0.29) is 11.5 Å². The lowest BCUT2D eigenvalue weighted by molar-refractivity contribution is -0.127. The molecule has 1 aromatic carbocycles. The molecule has 1 fully saturated rings. The van der Waals surface area contributed by atoms with Crippen LogP contribution in [0.5, 0.6) is 0 Å². The van der Waals surface area contributed by atoms with Crippen molar-refractivity contribution in [3.05, 3.63) is 28.5 Å². The molecule has 108 valence electrons. The second-order valence-corrected chi connectivity index (χ2v) is 5.99. The van der Waals surface area contributed by atoms with Gasteiger partial charge in [0, 0.05) is 4.47 Å². The number of nitrogens with two attached hydrogens (primary N) is 1. The summed E-state index contributed by atoms with van der Waals surface area (Å²) in [5, 5.41) is 14.3. The molecule has 4 N–H and O–H groups in total. The average molecular weight is 344 g/mol. The lowest BCUT2D eigenvalue weighted by Gasteiger charge is -2.43. The first kappa shape index (κ1) is 14.8. The lowest BCUT2D eigenvalue weighted by atomic mass is 9.61. The molecule has 0 saturated heterocycles. The number of hydrogen-bond acceptors (Lipinski definition) is 3. The predicted molar refractivity (Wildman–Crippen MR) is 77.0 cm³/mol. The predicted octanol–water partition coefficient (Wildman–Crippen LogP) is 2.69. The van der Waals surface area contributed by atoms with E-state index in [0.29, 0.717) is 23.2 Å². The summed E-state index contributed by atoms with van der Waals surface area (Å²) in [4.78, 5) is 12.4. The van der Waals surface area contributed by atoms with E-state index in [0.717, 1.165) is 0 Å². The molecule has 2 rings (SSSR count). The Hall–Kier alpha value is -1.63. The number of amidine groups is 1. The molecule has 0 unspecified atom stereocenters. The normalized spacial score (nSPS) is 25.9. The third-order valence-corrected chi connectivity index (χ3v) is 4.29. The fraction of sp³-hybridized carbons (Fsp3) is 0.385. The molecule has 0 aromatic heterocycles. The van der Waals surface area contributed by atoms with Crippen LogP contribution in [0.15, 0.2) is 27.8 Å². The van der Waals surface area contributed by atoms with E-state index in [2.05, 4.69) is 26.4 Å². The molecule has 0 spiro atoms. The summed E-state index contributed by atoms with van der Waals surface area (Å²) in [6, 6.07) is 4.40. The van der Waals surface area contributed by atoms with Gasteiger partial charge in [-0.2, -0.15) is 0 Å². The fourth-order valence-corrected chi connectivity index (χ4v) is 3.03. The Morgan fingerprint density at radius 2 is 2.25 bits per heavy atom. The van der Waals surface area contributed by atoms with Crippen molar-refractivity contribution in [1.29, 1.82) is 0 Å². The Morgan fingerprint density at radius 3 is 2.75 bits per heavy atom. The summed E-state index contributed by atoms with van der Waals surface area (Å²) in [6.45, 7) is 1.97. The molecule has 7 heteroatoms. The number of amides is 1. The third kappa shape index (κ3) is 2.37. The minimum absolute atomic E-state index is 0.0576. The number of oxime groups is 1. The summed E-state index contributed by atoms with van der Waals surface area (Å²) in [5.74, 6) is -0.850. The van der Waals surface area contributed by atoms with Crippen LogP contribution in [-0.2, 0) is 4.79 Å². The molecule has 1 aliphatic rings. The number of para-hydroxylation sites is 1. The maximum atomic E-state index is 13.7. The monoisotopic (exact) mass is 343 g/mol. The molecule has 0 atom stereocenters. The zero-order chi connectivity index (χ0) is 14.9. The number of carbonyl (C=O) groups is 1. The maximum Gasteiger partial charge on any atom is 0.238 e. The minimum atomic E-state index is -1.06. The van der Waals surface area contributed by atoms with Crippen LogP contribution in [0.3, 0.4) is 0 Å². The second kappa shape index (κ2) is 5.40. The Balaban J connectivity index is 2.27. The molecule has 0 radical (unpaired) electrons. The van der Waals surface area contributed by atoms with Crippen molar-refractivity contribution in [3.63, 3.8) is 0 Å². The van der Waals surface area contributed by atoms with Gasteiger partial charge in [0.2, 0.25) is 5.91 Å². The third-order valence-electron chi connectivity index (χ3n) is 3.63. The van der Waals surface area contributed by atoms with Crippen LogP contribution >= 0.6 is 15.9 Å². The topological polar surface area (TPSA) is 87.7 Å². The highest BCUT2D eigenvalue weighted by molar-refractivity contribution is 9.10. The van der Waals surface area contributed by atoms with E-state index in [4.69, 9.17) is 10.9 Å². The number of halogens is 2. The standard InChI is InChI=1S/C13H15BrFN3O2/c1-7-5-13(6-7,11(16)18-20)12(19)17-10-8(14)3-2-4-9(10)15/h2-4,7,20H,5-6H2,1H3,(H2,16,18)(H,17,19). The summed E-state index contributed by atoms with van der Waals surface area (Å²) in [5.41, 5.74) is 4.64. The molecule has 1 aliphatic carbocycles. The lowest BCUT2D eigenvalue weighted by Crippen LogP contribution is -2.54. The summed E-state index contributed by atoms with van der Waals surface area (Å²) in [6.07, 6.45) is 0.946. The first-order chi connectivity index (χ1) is 9.40. The largest absolute Gasteiger partial charge is 0.409 e. The first-order valence-corrected chi connectivity index (χ1v) is 6.93. The number of nitrogens with zero attached hydrogens (tertiary/aromatic N) is 1. The van der Waals surface area contributed by atoms with Crippen LogP contribution in [0.4, 0.5) is 10.1 Å². The zero-order valence-electron chi connectivity index (χ0n) is 10.9. The number of anilines is 1. The van der Waals surface area contributed by atoms with Crippen molar-refractivity contribution < 1.29 is 14.4 Å². The molecule has 0 bridgehead atoms. The van der Waals surface area contributed by atoms with E-state index in [1.165, 1.54) is 12.1 Å². The SMILES string of the molecule is CC1CC(C(=O)Nc2c(F)cccc2Br)(/C(N)=N/O)C1. The molecule has 1 amide bonds. The minimum Gasteiger partial charge on any atom is -0.409 e. The van der Waals surface area contributed by atoms with Crippen molar-refractivity contribution >= 4 is 33.4 Å². The average Bonchev–Trinajstić information content (AvgIpc) is 2.38. The van der Waals surface area contributed by atoms with Gasteiger partial charge in [-0.3, -0.25) is 4.79 Å². The van der Waals surface area contributed by atoms with Crippen molar-refractivity contribution in [3.8, 4) is 0 Å². The summed E-state index contributed by atoms with van der Waals surface area (Å²) < 4.78 is 14.2.